The largest absolute Gasteiger partial charge is 0.469 e. The van der Waals surface area contributed by atoms with Crippen molar-refractivity contribution in [3.63, 3.8) is 0 Å². The summed E-state index contributed by atoms with van der Waals surface area (Å²) in [4.78, 5) is 33.1. The maximum atomic E-state index is 13.9. The van der Waals surface area contributed by atoms with E-state index in [2.05, 4.69) is 31.9 Å². The zero-order chi connectivity index (χ0) is 26.6. The highest BCUT2D eigenvalue weighted by atomic mass is 79.9. The van der Waals surface area contributed by atoms with Crippen molar-refractivity contribution >= 4 is 50.4 Å². The summed E-state index contributed by atoms with van der Waals surface area (Å²) < 4.78 is 11.7. The molecule has 1 saturated heterocycles. The lowest BCUT2D eigenvalue weighted by Gasteiger charge is -2.47. The molecule has 0 bridgehead atoms. The topological polar surface area (TPSA) is 71.6 Å². The van der Waals surface area contributed by atoms with Crippen LogP contribution in [0.4, 0.5) is 0 Å². The van der Waals surface area contributed by atoms with Crippen molar-refractivity contribution in [2.45, 2.75) is 30.5 Å². The van der Waals surface area contributed by atoms with Crippen LogP contribution in [0.3, 0.4) is 0 Å². The molecule has 4 aromatic rings. The van der Waals surface area contributed by atoms with Gasteiger partial charge in [-0.05, 0) is 53.4 Å². The monoisotopic (exact) mass is 592 g/mol. The average Bonchev–Trinajstić information content (AvgIpc) is 3.48. The quantitative estimate of drug-likeness (QED) is 0.278. The zero-order valence-corrected chi connectivity index (χ0v) is 23.3. The number of benzene rings is 3. The van der Waals surface area contributed by atoms with E-state index in [1.165, 1.54) is 14.2 Å². The van der Waals surface area contributed by atoms with Crippen LogP contribution in [0.15, 0.2) is 77.3 Å². The van der Waals surface area contributed by atoms with Crippen LogP contribution in [0.2, 0.25) is 5.02 Å². The number of carbonyl (C=O) groups excluding carboxylic acids is 2. The van der Waals surface area contributed by atoms with Crippen molar-refractivity contribution in [2.75, 3.05) is 14.2 Å². The van der Waals surface area contributed by atoms with E-state index in [1.807, 2.05) is 66.7 Å². The third-order valence-electron chi connectivity index (χ3n) is 8.07. The molecule has 8 heteroatoms. The second-order valence-electron chi connectivity index (χ2n) is 9.95. The van der Waals surface area contributed by atoms with Gasteiger partial charge in [0.1, 0.15) is 5.54 Å². The fourth-order valence-electron chi connectivity index (χ4n) is 6.53. The van der Waals surface area contributed by atoms with E-state index in [0.717, 1.165) is 37.8 Å². The van der Waals surface area contributed by atoms with Crippen LogP contribution in [0, 0.1) is 5.92 Å². The van der Waals surface area contributed by atoms with E-state index in [-0.39, 0.29) is 24.4 Å². The molecule has 0 radical (unpaired) electrons. The molecule has 6 nitrogen and oxygen atoms in total. The summed E-state index contributed by atoms with van der Waals surface area (Å²) >= 11 is 9.81. The number of H-pyrrole nitrogens is 1. The standard InChI is InChI=1S/C30H26BrClN2O4/c1-37-28(35)23-16-30(29(36)38-2)15-22-21-5-3-4-6-24(21)33-25(22)27(18-9-13-20(32)14-10-18)34(30)26(23)17-7-11-19(31)12-8-17/h3-14,23,26-27,33H,15-16H2,1-2H3/t23?,26-,27?,30-/m1/s1. The highest BCUT2D eigenvalue weighted by molar-refractivity contribution is 9.10. The zero-order valence-electron chi connectivity index (χ0n) is 20.9. The molecule has 1 aromatic heterocycles. The first-order valence-electron chi connectivity index (χ1n) is 12.4. The first kappa shape index (κ1) is 25.2. The fourth-order valence-corrected chi connectivity index (χ4v) is 6.92. The normalized spacial score (nSPS) is 24.6. The van der Waals surface area contributed by atoms with Gasteiger partial charge in [0.2, 0.25) is 0 Å². The number of nitrogens with zero attached hydrogens (tertiary/aromatic N) is 1. The third-order valence-corrected chi connectivity index (χ3v) is 8.85. The second kappa shape index (κ2) is 9.56. The predicted octanol–water partition coefficient (Wildman–Crippen LogP) is 6.38. The van der Waals surface area contributed by atoms with Gasteiger partial charge in [0.05, 0.1) is 32.2 Å². The van der Waals surface area contributed by atoms with Crippen molar-refractivity contribution in [1.29, 1.82) is 0 Å². The van der Waals surface area contributed by atoms with Gasteiger partial charge in [0.15, 0.2) is 0 Å². The molecule has 4 atom stereocenters. The van der Waals surface area contributed by atoms with Gasteiger partial charge in [-0.15, -0.1) is 0 Å². The number of hydrogen-bond acceptors (Lipinski definition) is 5. The molecular weight excluding hydrogens is 568 g/mol. The van der Waals surface area contributed by atoms with E-state index < -0.39 is 17.5 Å². The molecular formula is C30H26BrClN2O4. The van der Waals surface area contributed by atoms with Gasteiger partial charge in [-0.25, -0.2) is 0 Å². The molecule has 3 aromatic carbocycles. The maximum Gasteiger partial charge on any atom is 0.326 e. The molecule has 0 aliphatic carbocycles. The minimum Gasteiger partial charge on any atom is -0.469 e. The summed E-state index contributed by atoms with van der Waals surface area (Å²) in [5.74, 6) is -1.29. The van der Waals surface area contributed by atoms with Gasteiger partial charge in [-0.1, -0.05) is 70.0 Å². The lowest BCUT2D eigenvalue weighted by atomic mass is 9.78. The van der Waals surface area contributed by atoms with Crippen LogP contribution in [0.1, 0.15) is 40.9 Å². The maximum absolute atomic E-state index is 13.9. The molecule has 0 amide bonds. The fraction of sp³-hybridized carbons (Fsp3) is 0.267. The number of fused-ring (bicyclic) bond motifs is 4. The molecule has 2 aliphatic rings. The Morgan fingerprint density at radius 1 is 0.974 bits per heavy atom. The molecule has 2 unspecified atom stereocenters. The van der Waals surface area contributed by atoms with Gasteiger partial charge in [-0.2, -0.15) is 0 Å². The summed E-state index contributed by atoms with van der Waals surface area (Å²) in [5.41, 5.74) is 3.86. The van der Waals surface area contributed by atoms with Crippen LogP contribution in [-0.4, -0.2) is 41.6 Å². The summed E-state index contributed by atoms with van der Waals surface area (Å²) in [6.45, 7) is 0. The number of methoxy groups -OCH3 is 2. The second-order valence-corrected chi connectivity index (χ2v) is 11.3. The SMILES string of the molecule is COC(=O)C1C[C@@]2(C(=O)OC)Cc3c([nH]c4ccccc34)C(c3ccc(Cl)cc3)N2[C@@H]1c1ccc(Br)cc1. The summed E-state index contributed by atoms with van der Waals surface area (Å²) in [7, 11) is 2.81. The number of para-hydroxylation sites is 1. The number of halogens is 2. The van der Waals surface area contributed by atoms with Crippen molar-refractivity contribution in [3.05, 3.63) is 105 Å². The smallest absolute Gasteiger partial charge is 0.326 e. The molecule has 0 spiro atoms. The number of nitrogens with one attached hydrogen (secondary N) is 1. The van der Waals surface area contributed by atoms with E-state index in [4.69, 9.17) is 21.1 Å². The molecule has 0 saturated carbocycles. The number of aromatic amines is 1. The summed E-state index contributed by atoms with van der Waals surface area (Å²) in [6.07, 6.45) is 0.680. The predicted molar refractivity (Wildman–Crippen MR) is 149 cm³/mol. The van der Waals surface area contributed by atoms with E-state index in [0.29, 0.717) is 11.4 Å². The van der Waals surface area contributed by atoms with Crippen LogP contribution in [-0.2, 0) is 25.5 Å². The van der Waals surface area contributed by atoms with Gasteiger partial charge >= 0.3 is 11.9 Å². The highest BCUT2D eigenvalue weighted by Gasteiger charge is 2.64. The first-order chi connectivity index (χ1) is 18.4. The number of hydrogen-bond donors (Lipinski definition) is 1. The van der Waals surface area contributed by atoms with Crippen molar-refractivity contribution < 1.29 is 19.1 Å². The Morgan fingerprint density at radius 2 is 1.66 bits per heavy atom. The van der Waals surface area contributed by atoms with Gasteiger partial charge in [-0.3, -0.25) is 14.5 Å². The number of carbonyl (C=O) groups is 2. The average molecular weight is 594 g/mol. The van der Waals surface area contributed by atoms with Gasteiger partial charge < -0.3 is 14.5 Å². The van der Waals surface area contributed by atoms with E-state index in [1.54, 1.807) is 0 Å². The Balaban J connectivity index is 1.67. The Kier molecular flexibility index (Phi) is 6.33. The van der Waals surface area contributed by atoms with E-state index >= 15 is 0 Å². The first-order valence-corrected chi connectivity index (χ1v) is 13.6. The minimum atomic E-state index is -1.09. The van der Waals surface area contributed by atoms with Gasteiger partial charge in [0, 0.05) is 32.5 Å². The minimum absolute atomic E-state index is 0.274. The number of rotatable bonds is 4. The molecule has 194 valence electrons. The summed E-state index contributed by atoms with van der Waals surface area (Å²) in [6, 6.07) is 22.9. The number of aromatic nitrogens is 1. The Morgan fingerprint density at radius 3 is 2.34 bits per heavy atom. The lowest BCUT2D eigenvalue weighted by molar-refractivity contribution is -0.156. The lowest BCUT2D eigenvalue weighted by Crippen LogP contribution is -2.57. The van der Waals surface area contributed by atoms with Crippen molar-refractivity contribution in [2.24, 2.45) is 5.92 Å². The van der Waals surface area contributed by atoms with Crippen LogP contribution >= 0.6 is 27.5 Å². The summed E-state index contributed by atoms with van der Waals surface area (Å²) in [5, 5.41) is 1.69. The van der Waals surface area contributed by atoms with E-state index in [9.17, 15) is 9.59 Å². The van der Waals surface area contributed by atoms with Crippen LogP contribution < -0.4 is 0 Å². The number of esters is 2. The molecule has 2 aliphatic heterocycles. The molecule has 1 N–H and O–H groups in total. The van der Waals surface area contributed by atoms with Gasteiger partial charge in [0.25, 0.3) is 0 Å². The van der Waals surface area contributed by atoms with Crippen molar-refractivity contribution in [3.8, 4) is 0 Å². The molecule has 6 rings (SSSR count). The van der Waals surface area contributed by atoms with Crippen LogP contribution in [0.5, 0.6) is 0 Å². The highest BCUT2D eigenvalue weighted by Crippen LogP contribution is 2.58. The Labute approximate surface area is 234 Å². The Bertz CT molecular complexity index is 1530. The third kappa shape index (κ3) is 3.79. The van der Waals surface area contributed by atoms with Crippen LogP contribution in [0.25, 0.3) is 10.9 Å². The Hall–Kier alpha value is -3.13. The molecule has 1 fully saturated rings. The number of ether oxygens (including phenoxy) is 2. The molecule has 3 heterocycles. The van der Waals surface area contributed by atoms with Crippen molar-refractivity contribution in [1.82, 2.24) is 9.88 Å². The molecule has 38 heavy (non-hydrogen) atoms.